The Hall–Kier alpha value is -3.15. The van der Waals surface area contributed by atoms with Crippen LogP contribution in [-0.2, 0) is 4.79 Å². The molecule has 4 heterocycles. The van der Waals surface area contributed by atoms with Gasteiger partial charge in [0.2, 0.25) is 5.91 Å². The summed E-state index contributed by atoms with van der Waals surface area (Å²) in [5, 5.41) is 1.08. The minimum absolute atomic E-state index is 0.0103. The highest BCUT2D eigenvalue weighted by Gasteiger charge is 2.32. The summed E-state index contributed by atoms with van der Waals surface area (Å²) in [6.45, 7) is 4.96. The fraction of sp³-hybridized carbons (Fsp3) is 0.211. The molecule has 0 radical (unpaired) electrons. The van der Waals surface area contributed by atoms with Crippen LogP contribution in [0, 0.1) is 0 Å². The van der Waals surface area contributed by atoms with E-state index in [2.05, 4.69) is 32.5 Å². The van der Waals surface area contributed by atoms with Gasteiger partial charge in [-0.2, -0.15) is 0 Å². The van der Waals surface area contributed by atoms with E-state index in [0.29, 0.717) is 19.1 Å². The molecule has 1 fully saturated rings. The van der Waals surface area contributed by atoms with E-state index in [1.807, 2.05) is 31.6 Å². The first-order valence-electron chi connectivity index (χ1n) is 8.19. The van der Waals surface area contributed by atoms with Crippen LogP contribution in [0.15, 0.2) is 55.6 Å². The molecule has 25 heavy (non-hydrogen) atoms. The van der Waals surface area contributed by atoms with Gasteiger partial charge in [-0.1, -0.05) is 6.58 Å². The SMILES string of the molecule is C=CC(=O)N1CC(N(C)c2cnc3[nH]cc(-c4ccncc4)c3c2)C1. The van der Waals surface area contributed by atoms with Crippen molar-refractivity contribution >= 4 is 22.6 Å². The summed E-state index contributed by atoms with van der Waals surface area (Å²) in [6, 6.07) is 6.42. The molecule has 4 rings (SSSR count). The average molecular weight is 333 g/mol. The number of aromatic nitrogens is 3. The van der Waals surface area contributed by atoms with Crippen molar-refractivity contribution in [2.45, 2.75) is 6.04 Å². The monoisotopic (exact) mass is 333 g/mol. The molecule has 126 valence electrons. The van der Waals surface area contributed by atoms with Crippen molar-refractivity contribution in [3.63, 3.8) is 0 Å². The van der Waals surface area contributed by atoms with Gasteiger partial charge >= 0.3 is 0 Å². The number of likely N-dealkylation sites (N-methyl/N-ethyl adjacent to an activating group) is 1. The molecule has 6 heteroatoms. The summed E-state index contributed by atoms with van der Waals surface area (Å²) in [7, 11) is 2.04. The van der Waals surface area contributed by atoms with E-state index in [-0.39, 0.29) is 5.91 Å². The second-order valence-electron chi connectivity index (χ2n) is 6.24. The van der Waals surface area contributed by atoms with Crippen LogP contribution in [0.25, 0.3) is 22.2 Å². The Kier molecular flexibility index (Phi) is 3.72. The zero-order valence-corrected chi connectivity index (χ0v) is 14.0. The number of nitrogens with one attached hydrogen (secondary N) is 1. The van der Waals surface area contributed by atoms with E-state index in [4.69, 9.17) is 0 Å². The van der Waals surface area contributed by atoms with Gasteiger partial charge in [0, 0.05) is 49.7 Å². The first kappa shape index (κ1) is 15.4. The van der Waals surface area contributed by atoms with Gasteiger partial charge < -0.3 is 14.8 Å². The predicted octanol–water partition coefficient (Wildman–Crippen LogP) is 2.46. The van der Waals surface area contributed by atoms with Crippen molar-refractivity contribution in [1.29, 1.82) is 0 Å². The number of fused-ring (bicyclic) bond motifs is 1. The molecule has 0 atom stereocenters. The maximum absolute atomic E-state index is 11.6. The molecule has 1 aliphatic rings. The molecule has 0 spiro atoms. The number of nitrogens with zero attached hydrogens (tertiary/aromatic N) is 4. The van der Waals surface area contributed by atoms with Gasteiger partial charge in [-0.3, -0.25) is 9.78 Å². The fourth-order valence-corrected chi connectivity index (χ4v) is 3.18. The van der Waals surface area contributed by atoms with Crippen LogP contribution >= 0.6 is 0 Å². The molecule has 0 saturated carbocycles. The lowest BCUT2D eigenvalue weighted by Crippen LogP contribution is -2.60. The third-order valence-corrected chi connectivity index (χ3v) is 4.81. The molecule has 1 N–H and O–H groups in total. The molecule has 0 unspecified atom stereocenters. The number of hydrogen-bond acceptors (Lipinski definition) is 4. The minimum atomic E-state index is -0.0103. The number of rotatable bonds is 4. The molecule has 3 aromatic heterocycles. The normalized spacial score (nSPS) is 14.4. The number of likely N-dealkylation sites (tertiary alicyclic amines) is 1. The summed E-state index contributed by atoms with van der Waals surface area (Å²) in [4.78, 5) is 27.4. The number of anilines is 1. The van der Waals surface area contributed by atoms with Crippen LogP contribution < -0.4 is 4.90 Å². The largest absolute Gasteiger partial charge is 0.367 e. The highest BCUT2D eigenvalue weighted by molar-refractivity contribution is 5.95. The zero-order valence-electron chi connectivity index (χ0n) is 14.0. The third-order valence-electron chi connectivity index (χ3n) is 4.81. The molecule has 1 aliphatic heterocycles. The van der Waals surface area contributed by atoms with E-state index in [0.717, 1.165) is 27.8 Å². The minimum Gasteiger partial charge on any atom is -0.367 e. The van der Waals surface area contributed by atoms with Crippen molar-refractivity contribution in [2.24, 2.45) is 0 Å². The molecule has 0 aromatic carbocycles. The predicted molar refractivity (Wildman–Crippen MR) is 98.3 cm³/mol. The molecular weight excluding hydrogens is 314 g/mol. The van der Waals surface area contributed by atoms with E-state index in [1.54, 1.807) is 17.3 Å². The van der Waals surface area contributed by atoms with Gasteiger partial charge in [-0.15, -0.1) is 0 Å². The Labute approximate surface area is 145 Å². The van der Waals surface area contributed by atoms with Gasteiger partial charge in [0.05, 0.1) is 17.9 Å². The lowest BCUT2D eigenvalue weighted by molar-refractivity contribution is -0.130. The summed E-state index contributed by atoms with van der Waals surface area (Å²) >= 11 is 0. The van der Waals surface area contributed by atoms with Crippen LogP contribution in [0.4, 0.5) is 5.69 Å². The maximum atomic E-state index is 11.6. The molecule has 6 nitrogen and oxygen atoms in total. The van der Waals surface area contributed by atoms with Crippen LogP contribution in [0.3, 0.4) is 0 Å². The average Bonchev–Trinajstić information content (AvgIpc) is 3.04. The molecule has 3 aromatic rings. The highest BCUT2D eigenvalue weighted by atomic mass is 16.2. The first-order valence-corrected chi connectivity index (χ1v) is 8.19. The second kappa shape index (κ2) is 6.05. The van der Waals surface area contributed by atoms with Crippen molar-refractivity contribution in [3.8, 4) is 11.1 Å². The zero-order chi connectivity index (χ0) is 17.4. The number of hydrogen-bond donors (Lipinski definition) is 1. The number of H-pyrrole nitrogens is 1. The van der Waals surface area contributed by atoms with Gasteiger partial charge in [-0.05, 0) is 29.8 Å². The van der Waals surface area contributed by atoms with Crippen LogP contribution in [0.5, 0.6) is 0 Å². The fourth-order valence-electron chi connectivity index (χ4n) is 3.18. The van der Waals surface area contributed by atoms with Crippen LogP contribution in [0.2, 0.25) is 0 Å². The Morgan fingerprint density at radius 3 is 2.88 bits per heavy atom. The Bertz CT molecular complexity index is 927. The molecular formula is C19H19N5O. The molecule has 0 aliphatic carbocycles. The van der Waals surface area contributed by atoms with Crippen molar-refractivity contribution < 1.29 is 4.79 Å². The summed E-state index contributed by atoms with van der Waals surface area (Å²) in [6.07, 6.45) is 8.79. The van der Waals surface area contributed by atoms with E-state index in [9.17, 15) is 4.79 Å². The summed E-state index contributed by atoms with van der Waals surface area (Å²) in [5.74, 6) is -0.0103. The Balaban J connectivity index is 1.61. The lowest BCUT2D eigenvalue weighted by atomic mass is 10.1. The number of aromatic amines is 1. The Morgan fingerprint density at radius 1 is 1.40 bits per heavy atom. The van der Waals surface area contributed by atoms with Crippen molar-refractivity contribution in [1.82, 2.24) is 19.9 Å². The van der Waals surface area contributed by atoms with E-state index in [1.165, 1.54) is 6.08 Å². The van der Waals surface area contributed by atoms with E-state index < -0.39 is 0 Å². The topological polar surface area (TPSA) is 65.1 Å². The lowest BCUT2D eigenvalue weighted by Gasteiger charge is -2.44. The van der Waals surface area contributed by atoms with Crippen molar-refractivity contribution in [2.75, 3.05) is 25.0 Å². The van der Waals surface area contributed by atoms with Gasteiger partial charge in [0.15, 0.2) is 0 Å². The highest BCUT2D eigenvalue weighted by Crippen LogP contribution is 2.31. The second-order valence-corrected chi connectivity index (χ2v) is 6.24. The number of pyridine rings is 2. The number of amides is 1. The third kappa shape index (κ3) is 2.65. The maximum Gasteiger partial charge on any atom is 0.246 e. The molecule has 1 saturated heterocycles. The van der Waals surface area contributed by atoms with Gasteiger partial charge in [0.25, 0.3) is 0 Å². The standard InChI is InChI=1S/C19H19N5O/c1-3-18(25)24-11-15(12-24)23(2)14-8-16-17(10-22-19(16)21-9-14)13-4-6-20-7-5-13/h3-10,15H,1,11-12H2,2H3,(H,21,22). The van der Waals surface area contributed by atoms with Gasteiger partial charge in [-0.25, -0.2) is 4.98 Å². The molecule has 0 bridgehead atoms. The smallest absolute Gasteiger partial charge is 0.246 e. The van der Waals surface area contributed by atoms with Crippen LogP contribution in [0.1, 0.15) is 0 Å². The quantitative estimate of drug-likeness (QED) is 0.745. The van der Waals surface area contributed by atoms with Gasteiger partial charge in [0.1, 0.15) is 5.65 Å². The number of carbonyl (C=O) groups is 1. The summed E-state index contributed by atoms with van der Waals surface area (Å²) < 4.78 is 0. The van der Waals surface area contributed by atoms with Crippen molar-refractivity contribution in [3.05, 3.63) is 55.6 Å². The van der Waals surface area contributed by atoms with E-state index >= 15 is 0 Å². The van der Waals surface area contributed by atoms with Crippen LogP contribution in [-0.4, -0.2) is 51.9 Å². The number of carbonyl (C=O) groups excluding carboxylic acids is 1. The Morgan fingerprint density at radius 2 is 2.16 bits per heavy atom. The summed E-state index contributed by atoms with van der Waals surface area (Å²) in [5.41, 5.74) is 4.12. The first-order chi connectivity index (χ1) is 12.2. The molecule has 1 amide bonds.